The van der Waals surface area contributed by atoms with Gasteiger partial charge in [0.2, 0.25) is 5.55 Å². The molecule has 0 saturated carbocycles. The Balaban J connectivity index is 2.01. The Kier molecular flexibility index (Phi) is 3.26. The molecule has 0 aliphatic carbocycles. The van der Waals surface area contributed by atoms with Gasteiger partial charge in [0.1, 0.15) is 16.7 Å². The van der Waals surface area contributed by atoms with Crippen LogP contribution >= 0.6 is 0 Å². The summed E-state index contributed by atoms with van der Waals surface area (Å²) < 4.78 is 10.9. The van der Waals surface area contributed by atoms with Crippen molar-refractivity contribution in [1.82, 2.24) is 4.90 Å². The van der Waals surface area contributed by atoms with Crippen LogP contribution in [0, 0.1) is 12.3 Å². The van der Waals surface area contributed by atoms with E-state index in [1.807, 2.05) is 6.92 Å². The fourth-order valence-electron chi connectivity index (χ4n) is 3.24. The topological polar surface area (TPSA) is 87.5 Å². The van der Waals surface area contributed by atoms with E-state index in [0.29, 0.717) is 29.6 Å². The fourth-order valence-corrected chi connectivity index (χ4v) is 3.24. The van der Waals surface area contributed by atoms with E-state index in [1.54, 1.807) is 23.1 Å². The van der Waals surface area contributed by atoms with Crippen molar-refractivity contribution < 1.29 is 13.6 Å². The van der Waals surface area contributed by atoms with E-state index in [9.17, 15) is 9.59 Å². The highest BCUT2D eigenvalue weighted by molar-refractivity contribution is 6.05. The number of hydrogen-bond acceptors (Lipinski definition) is 5. The number of hydrogen-bond donors (Lipinski definition) is 1. The van der Waals surface area contributed by atoms with Gasteiger partial charge in [-0.05, 0) is 43.5 Å². The van der Waals surface area contributed by atoms with E-state index in [-0.39, 0.29) is 17.0 Å². The Morgan fingerprint density at radius 1 is 1.12 bits per heavy atom. The van der Waals surface area contributed by atoms with Crippen molar-refractivity contribution in [2.75, 3.05) is 13.1 Å². The van der Waals surface area contributed by atoms with Crippen LogP contribution in [0.1, 0.15) is 28.8 Å². The quantitative estimate of drug-likeness (QED) is 0.550. The second-order valence-corrected chi connectivity index (χ2v) is 6.09. The van der Waals surface area contributed by atoms with Crippen LogP contribution < -0.4 is 11.2 Å². The Bertz CT molecular complexity index is 1090. The Hall–Kier alpha value is -2.89. The van der Waals surface area contributed by atoms with Crippen LogP contribution in [0.4, 0.5) is 0 Å². The summed E-state index contributed by atoms with van der Waals surface area (Å²) in [4.78, 5) is 26.1. The molecule has 0 radical (unpaired) electrons. The zero-order valence-corrected chi connectivity index (χ0v) is 13.2. The second kappa shape index (κ2) is 5.33. The number of carbonyl (C=O) groups is 1. The van der Waals surface area contributed by atoms with Crippen molar-refractivity contribution in [2.24, 2.45) is 0 Å². The molecule has 4 rings (SSSR count). The minimum absolute atomic E-state index is 0.172. The van der Waals surface area contributed by atoms with E-state index in [1.165, 1.54) is 6.07 Å². The maximum atomic E-state index is 12.6. The van der Waals surface area contributed by atoms with Crippen LogP contribution in [0.2, 0.25) is 0 Å². The number of benzene rings is 1. The number of fused-ring (bicyclic) bond motifs is 3. The molecule has 6 heteroatoms. The molecule has 1 aliphatic heterocycles. The Morgan fingerprint density at radius 3 is 2.62 bits per heavy atom. The molecule has 3 aromatic rings. The third kappa shape index (κ3) is 2.22. The number of likely N-dealkylation sites (tertiary alicyclic amines) is 1. The van der Waals surface area contributed by atoms with Gasteiger partial charge in [-0.25, -0.2) is 4.79 Å². The van der Waals surface area contributed by atoms with E-state index < -0.39 is 5.63 Å². The van der Waals surface area contributed by atoms with Gasteiger partial charge in [0.25, 0.3) is 5.91 Å². The van der Waals surface area contributed by atoms with Gasteiger partial charge < -0.3 is 13.7 Å². The fraction of sp³-hybridized carbons (Fsp3) is 0.278. The monoisotopic (exact) mass is 324 g/mol. The largest absolute Gasteiger partial charge is 0.438 e. The predicted octanol–water partition coefficient (Wildman–Crippen LogP) is 2.56. The molecule has 1 N–H and O–H groups in total. The normalized spacial score (nSPS) is 14.6. The SMILES string of the molecule is Cc1cc(=O)oc2c1ccc1oc(=N)c(C(=O)N3CCCC3)cc12. The maximum absolute atomic E-state index is 12.6. The zero-order chi connectivity index (χ0) is 16.8. The van der Waals surface area contributed by atoms with Crippen molar-refractivity contribution in [3.05, 3.63) is 51.4 Å². The molecule has 3 heterocycles. The van der Waals surface area contributed by atoms with Crippen LogP contribution in [-0.2, 0) is 0 Å². The molecule has 1 amide bonds. The minimum atomic E-state index is -0.449. The summed E-state index contributed by atoms with van der Waals surface area (Å²) >= 11 is 0. The number of rotatable bonds is 1. The van der Waals surface area contributed by atoms with Crippen LogP contribution in [-0.4, -0.2) is 23.9 Å². The van der Waals surface area contributed by atoms with Gasteiger partial charge in [-0.1, -0.05) is 0 Å². The van der Waals surface area contributed by atoms with Gasteiger partial charge >= 0.3 is 5.63 Å². The van der Waals surface area contributed by atoms with Crippen molar-refractivity contribution in [2.45, 2.75) is 19.8 Å². The lowest BCUT2D eigenvalue weighted by molar-refractivity contribution is 0.0788. The van der Waals surface area contributed by atoms with Gasteiger partial charge in [0, 0.05) is 24.5 Å². The molecule has 0 atom stereocenters. The van der Waals surface area contributed by atoms with E-state index in [2.05, 4.69) is 0 Å². The first-order valence-corrected chi connectivity index (χ1v) is 7.90. The Labute approximate surface area is 136 Å². The van der Waals surface area contributed by atoms with E-state index in [4.69, 9.17) is 14.2 Å². The van der Waals surface area contributed by atoms with Gasteiger partial charge in [0.05, 0.1) is 5.39 Å². The molecule has 1 aromatic carbocycles. The summed E-state index contributed by atoms with van der Waals surface area (Å²) in [6, 6.07) is 6.56. The number of aryl methyl sites for hydroxylation is 1. The highest BCUT2D eigenvalue weighted by Gasteiger charge is 2.22. The average molecular weight is 324 g/mol. The second-order valence-electron chi connectivity index (χ2n) is 6.09. The number of carbonyl (C=O) groups excluding carboxylic acids is 1. The van der Waals surface area contributed by atoms with E-state index >= 15 is 0 Å². The summed E-state index contributed by atoms with van der Waals surface area (Å²) in [5.41, 5.74) is 1.17. The smallest absolute Gasteiger partial charge is 0.336 e. The first-order valence-electron chi connectivity index (χ1n) is 7.90. The number of amides is 1. The number of nitrogens with zero attached hydrogens (tertiary/aromatic N) is 1. The maximum Gasteiger partial charge on any atom is 0.336 e. The molecule has 24 heavy (non-hydrogen) atoms. The van der Waals surface area contributed by atoms with Crippen LogP contribution in [0.25, 0.3) is 21.9 Å². The lowest BCUT2D eigenvalue weighted by Crippen LogP contribution is -2.31. The first-order chi connectivity index (χ1) is 11.5. The highest BCUT2D eigenvalue weighted by atomic mass is 16.4. The average Bonchev–Trinajstić information content (AvgIpc) is 3.07. The Morgan fingerprint density at radius 2 is 1.88 bits per heavy atom. The minimum Gasteiger partial charge on any atom is -0.438 e. The summed E-state index contributed by atoms with van der Waals surface area (Å²) in [6.45, 7) is 3.22. The molecule has 1 aliphatic rings. The van der Waals surface area contributed by atoms with Crippen molar-refractivity contribution in [3.8, 4) is 0 Å². The van der Waals surface area contributed by atoms with Crippen LogP contribution in [0.3, 0.4) is 0 Å². The molecular weight excluding hydrogens is 308 g/mol. The van der Waals surface area contributed by atoms with Gasteiger partial charge in [-0.15, -0.1) is 0 Å². The molecule has 0 unspecified atom stereocenters. The first kappa shape index (κ1) is 14.7. The van der Waals surface area contributed by atoms with Gasteiger partial charge in [-0.2, -0.15) is 0 Å². The van der Waals surface area contributed by atoms with Crippen molar-refractivity contribution in [1.29, 1.82) is 5.41 Å². The molecule has 1 fully saturated rings. The van der Waals surface area contributed by atoms with Crippen LogP contribution in [0.15, 0.2) is 37.9 Å². The molecule has 122 valence electrons. The van der Waals surface area contributed by atoms with Crippen molar-refractivity contribution >= 4 is 27.8 Å². The highest BCUT2D eigenvalue weighted by Crippen LogP contribution is 2.26. The molecule has 0 spiro atoms. The zero-order valence-electron chi connectivity index (χ0n) is 13.2. The third-order valence-electron chi connectivity index (χ3n) is 4.49. The summed E-state index contributed by atoms with van der Waals surface area (Å²) in [5.74, 6) is -0.213. The lowest BCUT2D eigenvalue weighted by Gasteiger charge is -2.15. The summed E-state index contributed by atoms with van der Waals surface area (Å²) in [7, 11) is 0. The molecule has 6 nitrogen and oxygen atoms in total. The van der Waals surface area contributed by atoms with E-state index in [0.717, 1.165) is 23.8 Å². The predicted molar refractivity (Wildman–Crippen MR) is 88.0 cm³/mol. The lowest BCUT2D eigenvalue weighted by atomic mass is 10.1. The third-order valence-corrected chi connectivity index (χ3v) is 4.49. The molecule has 1 saturated heterocycles. The van der Waals surface area contributed by atoms with Crippen LogP contribution in [0.5, 0.6) is 0 Å². The van der Waals surface area contributed by atoms with Gasteiger partial charge in [0.15, 0.2) is 0 Å². The molecular formula is C18H16N2O4. The summed E-state index contributed by atoms with van der Waals surface area (Å²) in [5, 5.41) is 9.35. The van der Waals surface area contributed by atoms with Gasteiger partial charge in [-0.3, -0.25) is 10.2 Å². The molecule has 0 bridgehead atoms. The van der Waals surface area contributed by atoms with Crippen molar-refractivity contribution in [3.63, 3.8) is 0 Å². The molecule has 2 aromatic heterocycles. The standard InChI is InChI=1S/C18H16N2O4/c1-10-8-15(21)24-16-11(10)4-5-14-12(16)9-13(17(19)23-14)18(22)20-6-2-3-7-20/h4-5,8-9,19H,2-3,6-7H2,1H3. The summed E-state index contributed by atoms with van der Waals surface area (Å²) in [6.07, 6.45) is 1.95. The number of nitrogens with one attached hydrogen (secondary N) is 1.